The molecule has 0 fully saturated rings. The lowest BCUT2D eigenvalue weighted by Crippen LogP contribution is -2.20. The highest BCUT2D eigenvalue weighted by Gasteiger charge is 2.24. The van der Waals surface area contributed by atoms with Gasteiger partial charge in [0.2, 0.25) is 0 Å². The lowest BCUT2D eigenvalue weighted by Gasteiger charge is -2.16. The van der Waals surface area contributed by atoms with Crippen LogP contribution in [0.5, 0.6) is 0 Å². The van der Waals surface area contributed by atoms with Crippen molar-refractivity contribution in [3.8, 4) is 0 Å². The molecule has 17 heavy (non-hydrogen) atoms. The zero-order chi connectivity index (χ0) is 12.8. The van der Waals surface area contributed by atoms with E-state index in [1.165, 1.54) is 0 Å². The number of H-pyrrole nitrogens is 2. The number of benzene rings is 1. The number of nitrogens with one attached hydrogen (secondary N) is 2. The van der Waals surface area contributed by atoms with Crippen LogP contribution in [-0.2, 0) is 0 Å². The van der Waals surface area contributed by atoms with E-state index < -0.39 is 5.41 Å². The molecule has 1 aromatic carbocycles. The first-order valence-electron chi connectivity index (χ1n) is 5.25. The Labute approximate surface area is 103 Å². The largest absolute Gasteiger partial charge is 0.323 e. The Morgan fingerprint density at radius 2 is 1.88 bits per heavy atom. The topological polar surface area (TPSA) is 65.7 Å². The molecule has 5 heteroatoms. The van der Waals surface area contributed by atoms with Crippen molar-refractivity contribution in [1.82, 2.24) is 9.97 Å². The van der Waals surface area contributed by atoms with Crippen molar-refractivity contribution in [2.45, 2.75) is 20.8 Å². The summed E-state index contributed by atoms with van der Waals surface area (Å²) in [6.07, 6.45) is 0. The van der Waals surface area contributed by atoms with Gasteiger partial charge in [0.05, 0.1) is 16.1 Å². The average Bonchev–Trinajstić information content (AvgIpc) is 2.56. The third-order valence-corrected chi connectivity index (χ3v) is 2.82. The van der Waals surface area contributed by atoms with Crippen LogP contribution in [0.25, 0.3) is 11.0 Å². The van der Waals surface area contributed by atoms with E-state index in [0.29, 0.717) is 21.6 Å². The van der Waals surface area contributed by atoms with E-state index in [0.717, 1.165) is 0 Å². The van der Waals surface area contributed by atoms with Gasteiger partial charge in [-0.1, -0.05) is 32.4 Å². The molecule has 0 aliphatic carbocycles. The summed E-state index contributed by atoms with van der Waals surface area (Å²) in [6.45, 7) is 5.52. The van der Waals surface area contributed by atoms with Crippen LogP contribution in [0.1, 0.15) is 31.1 Å². The van der Waals surface area contributed by atoms with Crippen LogP contribution < -0.4 is 5.69 Å². The number of carbonyl (C=O) groups is 1. The number of hydrogen-bond acceptors (Lipinski definition) is 2. The van der Waals surface area contributed by atoms with Crippen LogP contribution in [0.2, 0.25) is 5.02 Å². The summed E-state index contributed by atoms with van der Waals surface area (Å²) in [6, 6.07) is 3.23. The number of aromatic nitrogens is 2. The molecule has 2 N–H and O–H groups in total. The summed E-state index contributed by atoms with van der Waals surface area (Å²) in [7, 11) is 0. The van der Waals surface area contributed by atoms with Gasteiger partial charge in [0.1, 0.15) is 0 Å². The molecular formula is C12H13ClN2O2. The molecule has 0 aliphatic rings. The van der Waals surface area contributed by atoms with Crippen molar-refractivity contribution < 1.29 is 4.79 Å². The Balaban J connectivity index is 2.65. The predicted molar refractivity (Wildman–Crippen MR) is 67.7 cm³/mol. The highest BCUT2D eigenvalue weighted by atomic mass is 35.5. The van der Waals surface area contributed by atoms with E-state index >= 15 is 0 Å². The van der Waals surface area contributed by atoms with Crippen LogP contribution in [-0.4, -0.2) is 15.8 Å². The maximum Gasteiger partial charge on any atom is 0.323 e. The van der Waals surface area contributed by atoms with Gasteiger partial charge in [0, 0.05) is 11.0 Å². The number of hydrogen-bond donors (Lipinski definition) is 2. The lowest BCUT2D eigenvalue weighted by molar-refractivity contribution is 0.0858. The maximum atomic E-state index is 12.1. The van der Waals surface area contributed by atoms with Gasteiger partial charge in [-0.2, -0.15) is 0 Å². The van der Waals surface area contributed by atoms with Gasteiger partial charge in [-0.05, 0) is 12.1 Å². The molecule has 90 valence electrons. The second-order valence-corrected chi connectivity index (χ2v) is 5.45. The molecule has 2 aromatic rings. The lowest BCUT2D eigenvalue weighted by atomic mass is 9.86. The summed E-state index contributed by atoms with van der Waals surface area (Å²) < 4.78 is 0. The molecule has 0 unspecified atom stereocenters. The van der Waals surface area contributed by atoms with Crippen molar-refractivity contribution in [2.75, 3.05) is 0 Å². The fourth-order valence-electron chi connectivity index (χ4n) is 1.66. The van der Waals surface area contributed by atoms with E-state index in [4.69, 9.17) is 11.6 Å². The Morgan fingerprint density at radius 3 is 2.47 bits per heavy atom. The molecule has 2 rings (SSSR count). The first-order chi connectivity index (χ1) is 7.79. The van der Waals surface area contributed by atoms with Crippen molar-refractivity contribution in [2.24, 2.45) is 5.41 Å². The second kappa shape index (κ2) is 3.74. The highest BCUT2D eigenvalue weighted by molar-refractivity contribution is 6.35. The summed E-state index contributed by atoms with van der Waals surface area (Å²) in [4.78, 5) is 28.4. The molecule has 0 amide bonds. The van der Waals surface area contributed by atoms with Crippen LogP contribution >= 0.6 is 11.6 Å². The molecular weight excluding hydrogens is 240 g/mol. The van der Waals surface area contributed by atoms with Crippen LogP contribution in [0, 0.1) is 5.41 Å². The minimum absolute atomic E-state index is 0.0108. The monoisotopic (exact) mass is 252 g/mol. The third-order valence-electron chi connectivity index (χ3n) is 2.52. The number of carbonyl (C=O) groups excluding carboxylic acids is 1. The molecule has 1 heterocycles. The number of Topliss-reactive ketones (excluding diaryl/α,β-unsaturated/α-hetero) is 1. The smallest absolute Gasteiger partial charge is 0.306 e. The number of halogens is 1. The molecule has 0 atom stereocenters. The van der Waals surface area contributed by atoms with Gasteiger partial charge in [0.15, 0.2) is 5.78 Å². The van der Waals surface area contributed by atoms with Gasteiger partial charge in [-0.15, -0.1) is 0 Å². The maximum absolute atomic E-state index is 12.1. The standard InChI is InChI=1S/C12H13ClN2O2/c1-12(2,3)10(16)6-4-7(13)9-8(5-6)14-11(17)15-9/h4-5H,1-3H3,(H2,14,15,17). The van der Waals surface area contributed by atoms with E-state index in [1.807, 2.05) is 20.8 Å². The summed E-state index contributed by atoms with van der Waals surface area (Å²) in [5.41, 5.74) is 0.776. The number of rotatable bonds is 1. The second-order valence-electron chi connectivity index (χ2n) is 5.04. The Bertz CT molecular complexity index is 647. The number of fused-ring (bicyclic) bond motifs is 1. The van der Waals surface area contributed by atoms with E-state index in [1.54, 1.807) is 12.1 Å². The highest BCUT2D eigenvalue weighted by Crippen LogP contribution is 2.26. The summed E-state index contributed by atoms with van der Waals surface area (Å²) in [5, 5.41) is 0.369. The van der Waals surface area contributed by atoms with E-state index in [9.17, 15) is 9.59 Å². The summed E-state index contributed by atoms with van der Waals surface area (Å²) >= 11 is 6.03. The zero-order valence-corrected chi connectivity index (χ0v) is 10.6. The molecule has 4 nitrogen and oxygen atoms in total. The SMILES string of the molecule is CC(C)(C)C(=O)c1cc(Cl)c2[nH]c(=O)[nH]c2c1. The zero-order valence-electron chi connectivity index (χ0n) is 9.85. The van der Waals surface area contributed by atoms with Crippen molar-refractivity contribution in [3.05, 3.63) is 33.2 Å². The Kier molecular flexibility index (Phi) is 2.62. The molecule has 1 aromatic heterocycles. The molecule has 0 spiro atoms. The molecule has 0 aliphatic heterocycles. The average molecular weight is 253 g/mol. The van der Waals surface area contributed by atoms with Gasteiger partial charge in [-0.25, -0.2) is 4.79 Å². The predicted octanol–water partition coefficient (Wildman–Crippen LogP) is 2.74. The normalized spacial score (nSPS) is 12.0. The van der Waals surface area contributed by atoms with Crippen LogP contribution in [0.3, 0.4) is 0 Å². The Hall–Kier alpha value is -1.55. The number of aromatic amines is 2. The van der Waals surface area contributed by atoms with Crippen molar-refractivity contribution in [3.63, 3.8) is 0 Å². The van der Waals surface area contributed by atoms with Gasteiger partial charge in [-0.3, -0.25) is 4.79 Å². The molecule has 0 saturated heterocycles. The minimum atomic E-state index is -0.479. The first kappa shape index (κ1) is 11.9. The third kappa shape index (κ3) is 2.13. The van der Waals surface area contributed by atoms with Gasteiger partial charge in [0.25, 0.3) is 0 Å². The van der Waals surface area contributed by atoms with Crippen molar-refractivity contribution >= 4 is 28.4 Å². The summed E-state index contributed by atoms with van der Waals surface area (Å²) in [5.74, 6) is -0.0108. The molecule has 0 radical (unpaired) electrons. The Morgan fingerprint density at radius 1 is 1.24 bits per heavy atom. The van der Waals surface area contributed by atoms with Crippen LogP contribution in [0.15, 0.2) is 16.9 Å². The fourth-order valence-corrected chi connectivity index (χ4v) is 1.93. The molecule has 0 bridgehead atoms. The minimum Gasteiger partial charge on any atom is -0.306 e. The van der Waals surface area contributed by atoms with Crippen molar-refractivity contribution in [1.29, 1.82) is 0 Å². The van der Waals surface area contributed by atoms with Gasteiger partial charge >= 0.3 is 5.69 Å². The van der Waals surface area contributed by atoms with E-state index in [-0.39, 0.29) is 11.5 Å². The fraction of sp³-hybridized carbons (Fsp3) is 0.333. The van der Waals surface area contributed by atoms with Gasteiger partial charge < -0.3 is 9.97 Å². The first-order valence-corrected chi connectivity index (χ1v) is 5.63. The number of ketones is 1. The van der Waals surface area contributed by atoms with Crippen LogP contribution in [0.4, 0.5) is 0 Å². The van der Waals surface area contributed by atoms with E-state index in [2.05, 4.69) is 9.97 Å². The molecule has 0 saturated carbocycles. The quantitative estimate of drug-likeness (QED) is 0.767. The number of imidazole rings is 1.